The molecule has 0 amide bonds. The quantitative estimate of drug-likeness (QED) is 0.613. The highest BCUT2D eigenvalue weighted by molar-refractivity contribution is 5.85. The Bertz CT molecular complexity index is 872. The maximum atomic E-state index is 11.7. The van der Waals surface area contributed by atoms with Gasteiger partial charge in [-0.3, -0.25) is 4.79 Å². The number of carbonyl (C=O) groups is 1. The molecule has 0 fully saturated rings. The van der Waals surface area contributed by atoms with Crippen molar-refractivity contribution in [2.75, 3.05) is 7.11 Å². The standard InChI is InChI=1S/C21H19NO4.ClH/c1-24-21(23)20(22)15-12-13-18(25-16-8-4-2-5-9-16)19(14-15)26-17-10-6-3-7-11-17;/h2-14,20H,22H2,1H3;1H/t20-;/m1./s1. The van der Waals surface area contributed by atoms with E-state index in [9.17, 15) is 4.79 Å². The highest BCUT2D eigenvalue weighted by atomic mass is 35.5. The summed E-state index contributed by atoms with van der Waals surface area (Å²) in [6, 6.07) is 22.9. The van der Waals surface area contributed by atoms with Crippen molar-refractivity contribution in [2.24, 2.45) is 5.73 Å². The third kappa shape index (κ3) is 5.23. The fourth-order valence-electron chi connectivity index (χ4n) is 2.38. The lowest BCUT2D eigenvalue weighted by Gasteiger charge is -2.16. The number of benzene rings is 3. The average molecular weight is 386 g/mol. The van der Waals surface area contributed by atoms with Gasteiger partial charge in [0.15, 0.2) is 11.5 Å². The first-order valence-corrected chi connectivity index (χ1v) is 8.10. The van der Waals surface area contributed by atoms with Crippen molar-refractivity contribution < 1.29 is 19.0 Å². The van der Waals surface area contributed by atoms with Crippen LogP contribution < -0.4 is 15.2 Å². The number of ether oxygens (including phenoxy) is 3. The van der Waals surface area contributed by atoms with E-state index in [1.165, 1.54) is 7.11 Å². The van der Waals surface area contributed by atoms with Gasteiger partial charge in [-0.2, -0.15) is 0 Å². The minimum atomic E-state index is -0.899. The average Bonchev–Trinajstić information content (AvgIpc) is 2.69. The zero-order chi connectivity index (χ0) is 18.4. The van der Waals surface area contributed by atoms with Crippen LogP contribution in [0, 0.1) is 0 Å². The molecule has 3 aromatic carbocycles. The van der Waals surface area contributed by atoms with Gasteiger partial charge >= 0.3 is 5.97 Å². The molecule has 0 heterocycles. The number of nitrogens with two attached hydrogens (primary N) is 1. The van der Waals surface area contributed by atoms with Crippen LogP contribution in [0.25, 0.3) is 0 Å². The lowest BCUT2D eigenvalue weighted by Crippen LogP contribution is -2.22. The zero-order valence-corrected chi connectivity index (χ0v) is 15.5. The molecule has 2 N–H and O–H groups in total. The number of halogens is 1. The Balaban J connectivity index is 0.00000261. The van der Waals surface area contributed by atoms with E-state index in [4.69, 9.17) is 19.9 Å². The summed E-state index contributed by atoms with van der Waals surface area (Å²) in [4.78, 5) is 11.7. The van der Waals surface area contributed by atoms with Crippen molar-refractivity contribution in [1.82, 2.24) is 0 Å². The van der Waals surface area contributed by atoms with Gasteiger partial charge in [0.25, 0.3) is 0 Å². The second kappa shape index (κ2) is 9.62. The first-order valence-electron chi connectivity index (χ1n) is 8.10. The Morgan fingerprint density at radius 3 is 1.85 bits per heavy atom. The molecule has 0 aliphatic heterocycles. The number of hydrogen-bond acceptors (Lipinski definition) is 5. The Labute approximate surface area is 164 Å². The highest BCUT2D eigenvalue weighted by Gasteiger charge is 2.19. The number of methoxy groups -OCH3 is 1. The Morgan fingerprint density at radius 2 is 1.33 bits per heavy atom. The minimum absolute atomic E-state index is 0. The van der Waals surface area contributed by atoms with Gasteiger partial charge < -0.3 is 19.9 Å². The molecule has 6 heteroatoms. The van der Waals surface area contributed by atoms with Crippen LogP contribution in [-0.4, -0.2) is 13.1 Å². The van der Waals surface area contributed by atoms with Crippen LogP contribution in [0.3, 0.4) is 0 Å². The Kier molecular flexibility index (Phi) is 7.23. The van der Waals surface area contributed by atoms with E-state index < -0.39 is 12.0 Å². The molecule has 0 aliphatic carbocycles. The second-order valence-electron chi connectivity index (χ2n) is 5.54. The predicted molar refractivity (Wildman–Crippen MR) is 106 cm³/mol. The molecule has 140 valence electrons. The molecule has 0 saturated carbocycles. The van der Waals surface area contributed by atoms with Crippen molar-refractivity contribution in [3.63, 3.8) is 0 Å². The van der Waals surface area contributed by atoms with Crippen molar-refractivity contribution in [2.45, 2.75) is 6.04 Å². The summed E-state index contributed by atoms with van der Waals surface area (Å²) in [7, 11) is 1.30. The molecular weight excluding hydrogens is 366 g/mol. The number of hydrogen-bond donors (Lipinski definition) is 1. The fourth-order valence-corrected chi connectivity index (χ4v) is 2.38. The first-order chi connectivity index (χ1) is 12.7. The molecule has 0 radical (unpaired) electrons. The van der Waals surface area contributed by atoms with E-state index in [0.717, 1.165) is 0 Å². The number of para-hydroxylation sites is 2. The third-order valence-electron chi connectivity index (χ3n) is 3.72. The number of carbonyl (C=O) groups excluding carboxylic acids is 1. The SMILES string of the molecule is COC(=O)[C@H](N)c1ccc(Oc2ccccc2)c(Oc2ccccc2)c1.Cl. The van der Waals surface area contributed by atoms with Crippen LogP contribution in [0.5, 0.6) is 23.0 Å². The van der Waals surface area contributed by atoms with Crippen LogP contribution in [0.4, 0.5) is 0 Å². The third-order valence-corrected chi connectivity index (χ3v) is 3.72. The number of esters is 1. The molecule has 3 aromatic rings. The van der Waals surface area contributed by atoms with Crippen molar-refractivity contribution in [3.05, 3.63) is 84.4 Å². The normalized spacial score (nSPS) is 11.0. The van der Waals surface area contributed by atoms with Crippen LogP contribution in [0.15, 0.2) is 78.9 Å². The summed E-state index contributed by atoms with van der Waals surface area (Å²) in [6.45, 7) is 0. The monoisotopic (exact) mass is 385 g/mol. The van der Waals surface area contributed by atoms with E-state index in [1.807, 2.05) is 60.7 Å². The topological polar surface area (TPSA) is 70.8 Å². The molecule has 0 aliphatic rings. The molecular formula is C21H20ClNO4. The van der Waals surface area contributed by atoms with Crippen LogP contribution in [0.1, 0.15) is 11.6 Å². The van der Waals surface area contributed by atoms with E-state index in [2.05, 4.69) is 0 Å². The van der Waals surface area contributed by atoms with Gasteiger partial charge in [0, 0.05) is 0 Å². The maximum absolute atomic E-state index is 11.7. The van der Waals surface area contributed by atoms with Crippen LogP contribution >= 0.6 is 12.4 Å². The molecule has 27 heavy (non-hydrogen) atoms. The second-order valence-corrected chi connectivity index (χ2v) is 5.54. The molecule has 3 rings (SSSR count). The van der Waals surface area contributed by atoms with Gasteiger partial charge in [0.2, 0.25) is 0 Å². The summed E-state index contributed by atoms with van der Waals surface area (Å²) >= 11 is 0. The lowest BCUT2D eigenvalue weighted by atomic mass is 10.1. The van der Waals surface area contributed by atoms with Crippen LogP contribution in [0.2, 0.25) is 0 Å². The van der Waals surface area contributed by atoms with Crippen molar-refractivity contribution in [3.8, 4) is 23.0 Å². The van der Waals surface area contributed by atoms with E-state index >= 15 is 0 Å². The van der Waals surface area contributed by atoms with Gasteiger partial charge in [-0.05, 0) is 42.0 Å². The van der Waals surface area contributed by atoms with Gasteiger partial charge in [0.1, 0.15) is 17.5 Å². The van der Waals surface area contributed by atoms with Crippen molar-refractivity contribution >= 4 is 18.4 Å². The fraction of sp³-hybridized carbons (Fsp3) is 0.0952. The zero-order valence-electron chi connectivity index (χ0n) is 14.7. The lowest BCUT2D eigenvalue weighted by molar-refractivity contribution is -0.142. The maximum Gasteiger partial charge on any atom is 0.327 e. The smallest absolute Gasteiger partial charge is 0.327 e. The summed E-state index contributed by atoms with van der Waals surface area (Å²) in [5.41, 5.74) is 6.52. The predicted octanol–water partition coefficient (Wildman–Crippen LogP) is 4.87. The molecule has 0 spiro atoms. The van der Waals surface area contributed by atoms with E-state index in [-0.39, 0.29) is 12.4 Å². The molecule has 1 atom stereocenters. The van der Waals surface area contributed by atoms with Gasteiger partial charge in [-0.15, -0.1) is 12.4 Å². The summed E-state index contributed by atoms with van der Waals surface area (Å²) in [5.74, 6) is 1.77. The molecule has 0 aromatic heterocycles. The number of rotatable bonds is 6. The van der Waals surface area contributed by atoms with Crippen LogP contribution in [-0.2, 0) is 9.53 Å². The van der Waals surface area contributed by atoms with E-state index in [0.29, 0.717) is 28.6 Å². The highest BCUT2D eigenvalue weighted by Crippen LogP contribution is 2.36. The largest absolute Gasteiger partial charge is 0.468 e. The van der Waals surface area contributed by atoms with Gasteiger partial charge in [0.05, 0.1) is 7.11 Å². The molecule has 0 unspecified atom stereocenters. The minimum Gasteiger partial charge on any atom is -0.468 e. The van der Waals surface area contributed by atoms with Gasteiger partial charge in [-0.25, -0.2) is 0 Å². The van der Waals surface area contributed by atoms with Crippen molar-refractivity contribution in [1.29, 1.82) is 0 Å². The summed E-state index contributed by atoms with van der Waals surface area (Å²) in [6.07, 6.45) is 0. The molecule has 5 nitrogen and oxygen atoms in total. The van der Waals surface area contributed by atoms with Gasteiger partial charge in [-0.1, -0.05) is 42.5 Å². The molecule has 0 saturated heterocycles. The Morgan fingerprint density at radius 1 is 0.815 bits per heavy atom. The molecule has 0 bridgehead atoms. The Hall–Kier alpha value is -3.02. The summed E-state index contributed by atoms with van der Waals surface area (Å²) < 4.78 is 16.6. The first kappa shape index (κ1) is 20.3. The van der Waals surface area contributed by atoms with E-state index in [1.54, 1.807) is 18.2 Å². The summed E-state index contributed by atoms with van der Waals surface area (Å²) in [5, 5.41) is 0.